The van der Waals surface area contributed by atoms with Crippen molar-refractivity contribution < 1.29 is 17.9 Å². The molecule has 0 saturated heterocycles. The van der Waals surface area contributed by atoms with Gasteiger partial charge in [0.15, 0.2) is 0 Å². The minimum Gasteiger partial charge on any atom is -0.456 e. The van der Waals surface area contributed by atoms with Gasteiger partial charge in [-0.2, -0.15) is 4.72 Å². The maximum absolute atomic E-state index is 13.2. The van der Waals surface area contributed by atoms with Gasteiger partial charge in [0.2, 0.25) is 15.9 Å². The van der Waals surface area contributed by atoms with Crippen LogP contribution in [-0.2, 0) is 21.2 Å². The first-order valence-corrected chi connectivity index (χ1v) is 13.8. The maximum Gasteiger partial charge on any atom is 0.241 e. The fraction of sp³-hybridized carbons (Fsp3) is 0.207. The van der Waals surface area contributed by atoms with Gasteiger partial charge in [-0.3, -0.25) is 9.78 Å². The van der Waals surface area contributed by atoms with Gasteiger partial charge in [-0.15, -0.1) is 0 Å². The Hall–Kier alpha value is -3.75. The van der Waals surface area contributed by atoms with Gasteiger partial charge in [-0.25, -0.2) is 8.42 Å². The third-order valence-corrected chi connectivity index (χ3v) is 7.71. The van der Waals surface area contributed by atoms with Crippen molar-refractivity contribution in [2.45, 2.75) is 36.6 Å². The lowest BCUT2D eigenvalue weighted by molar-refractivity contribution is -0.122. The first-order chi connectivity index (χ1) is 18.0. The highest BCUT2D eigenvalue weighted by Crippen LogP contribution is 2.32. The first kappa shape index (κ1) is 24.9. The molecule has 0 aliphatic heterocycles. The van der Waals surface area contributed by atoms with Crippen LogP contribution in [0.3, 0.4) is 0 Å². The average molecular weight is 515 g/mol. The van der Waals surface area contributed by atoms with Gasteiger partial charge in [0, 0.05) is 11.9 Å². The van der Waals surface area contributed by atoms with Crippen LogP contribution in [0, 0.1) is 12.5 Å². The third kappa shape index (κ3) is 6.72. The molecule has 1 atom stereocenters. The molecular formula is C29H28N3O4S. The van der Waals surface area contributed by atoms with E-state index in [1.807, 2.05) is 60.7 Å². The molecule has 7 nitrogen and oxygen atoms in total. The molecule has 3 aromatic carbocycles. The van der Waals surface area contributed by atoms with E-state index in [4.69, 9.17) is 4.74 Å². The number of ether oxygens (including phenoxy) is 1. The fourth-order valence-corrected chi connectivity index (χ4v) is 5.20. The lowest BCUT2D eigenvalue weighted by Crippen LogP contribution is -2.47. The fourth-order valence-electron chi connectivity index (χ4n) is 4.00. The van der Waals surface area contributed by atoms with Crippen LogP contribution in [-0.4, -0.2) is 25.4 Å². The van der Waals surface area contributed by atoms with Crippen LogP contribution in [0.15, 0.2) is 96.0 Å². The van der Waals surface area contributed by atoms with Gasteiger partial charge in [0.25, 0.3) is 0 Å². The Morgan fingerprint density at radius 1 is 0.973 bits per heavy atom. The summed E-state index contributed by atoms with van der Waals surface area (Å²) in [6.45, 7) is 1.74. The molecule has 0 spiro atoms. The van der Waals surface area contributed by atoms with Crippen LogP contribution in [0.5, 0.6) is 11.5 Å². The van der Waals surface area contributed by atoms with E-state index in [0.29, 0.717) is 17.4 Å². The summed E-state index contributed by atoms with van der Waals surface area (Å²) >= 11 is 0. The summed E-state index contributed by atoms with van der Waals surface area (Å²) in [7, 11) is -3.96. The second kappa shape index (κ2) is 11.1. The molecule has 1 aromatic heterocycles. The van der Waals surface area contributed by atoms with Crippen LogP contribution < -0.4 is 14.8 Å². The minimum absolute atomic E-state index is 0.0457. The standard InChI is InChI=1S/C29H28N3O4S/c33-29(30-17-16-21-10-11-21)28(18-22-6-2-1-3-7-22)32-37(34,35)26-14-12-24(13-15-26)36-25-19-23-8-4-5-9-27(23)31-20-25/h1-9,12-15,17,19-21,28,32H,10-11,16,18H2,(H,30,33)/t28-/m0/s1. The topological polar surface area (TPSA) is 97.4 Å². The zero-order valence-corrected chi connectivity index (χ0v) is 21.0. The minimum atomic E-state index is -3.96. The summed E-state index contributed by atoms with van der Waals surface area (Å²) in [5.41, 5.74) is 1.72. The highest BCUT2D eigenvalue weighted by atomic mass is 32.2. The molecule has 1 radical (unpaired) electrons. The van der Waals surface area contributed by atoms with Gasteiger partial charge in [0.05, 0.1) is 16.6 Å². The van der Waals surface area contributed by atoms with Gasteiger partial charge in [-0.1, -0.05) is 61.4 Å². The molecule has 189 valence electrons. The molecule has 2 N–H and O–H groups in total. The predicted octanol–water partition coefficient (Wildman–Crippen LogP) is 4.99. The molecule has 1 amide bonds. The van der Waals surface area contributed by atoms with E-state index in [0.717, 1.165) is 22.9 Å². The van der Waals surface area contributed by atoms with Crippen molar-refractivity contribution in [3.05, 3.63) is 103 Å². The number of nitrogens with one attached hydrogen (secondary N) is 2. The molecule has 1 aliphatic rings. The van der Waals surface area contributed by atoms with Gasteiger partial charge in [0.1, 0.15) is 17.5 Å². The molecule has 37 heavy (non-hydrogen) atoms. The summed E-state index contributed by atoms with van der Waals surface area (Å²) in [5.74, 6) is 1.27. The van der Waals surface area contributed by atoms with E-state index < -0.39 is 16.1 Å². The second-order valence-electron chi connectivity index (χ2n) is 9.19. The predicted molar refractivity (Wildman–Crippen MR) is 142 cm³/mol. The van der Waals surface area contributed by atoms with Crippen LogP contribution in [0.1, 0.15) is 24.8 Å². The summed E-state index contributed by atoms with van der Waals surface area (Å²) in [5, 5.41) is 3.73. The molecule has 4 aromatic rings. The number of aromatic nitrogens is 1. The Balaban J connectivity index is 1.28. The SMILES string of the molecule is O=C(N[CH]CC1CC1)[C@H](Cc1ccccc1)NS(=O)(=O)c1ccc(Oc2cnc3ccccc3c2)cc1. The number of benzene rings is 3. The van der Waals surface area contributed by atoms with Crippen molar-refractivity contribution in [1.29, 1.82) is 0 Å². The number of amides is 1. The molecule has 8 heteroatoms. The molecule has 5 rings (SSSR count). The van der Waals surface area contributed by atoms with E-state index in [1.54, 1.807) is 24.9 Å². The number of pyridine rings is 1. The number of hydrogen-bond donors (Lipinski definition) is 2. The smallest absolute Gasteiger partial charge is 0.241 e. The zero-order valence-electron chi connectivity index (χ0n) is 20.2. The van der Waals surface area contributed by atoms with Crippen molar-refractivity contribution in [3.63, 3.8) is 0 Å². The molecule has 1 saturated carbocycles. The third-order valence-electron chi connectivity index (χ3n) is 6.22. The maximum atomic E-state index is 13.2. The molecular weight excluding hydrogens is 486 g/mol. The summed E-state index contributed by atoms with van der Waals surface area (Å²) in [6, 6.07) is 24.1. The largest absolute Gasteiger partial charge is 0.456 e. The lowest BCUT2D eigenvalue weighted by atomic mass is 10.1. The van der Waals surface area contributed by atoms with Crippen molar-refractivity contribution in [2.24, 2.45) is 5.92 Å². The summed E-state index contributed by atoms with van der Waals surface area (Å²) in [6.07, 6.45) is 5.00. The molecule has 1 aliphatic carbocycles. The Labute approximate surface area is 216 Å². The van der Waals surface area contributed by atoms with Crippen LogP contribution in [0.2, 0.25) is 0 Å². The Morgan fingerprint density at radius 2 is 1.70 bits per heavy atom. The number of carbonyl (C=O) groups excluding carboxylic acids is 1. The van der Waals surface area contributed by atoms with E-state index in [-0.39, 0.29) is 17.2 Å². The van der Waals surface area contributed by atoms with Crippen molar-refractivity contribution in [2.75, 3.05) is 0 Å². The first-order valence-electron chi connectivity index (χ1n) is 12.3. The van der Waals surface area contributed by atoms with Crippen LogP contribution in [0.25, 0.3) is 10.9 Å². The lowest BCUT2D eigenvalue weighted by Gasteiger charge is -2.19. The quantitative estimate of drug-likeness (QED) is 0.294. The van der Waals surface area contributed by atoms with E-state index >= 15 is 0 Å². The summed E-state index contributed by atoms with van der Waals surface area (Å²) < 4.78 is 34.9. The monoisotopic (exact) mass is 514 g/mol. The van der Waals surface area contributed by atoms with Crippen LogP contribution in [0.4, 0.5) is 0 Å². The number of para-hydroxylation sites is 1. The van der Waals surface area contributed by atoms with Crippen molar-refractivity contribution in [1.82, 2.24) is 15.0 Å². The second-order valence-corrected chi connectivity index (χ2v) is 10.9. The molecule has 1 fully saturated rings. The Kier molecular flexibility index (Phi) is 7.48. The number of nitrogens with zero attached hydrogens (tertiary/aromatic N) is 1. The number of hydrogen-bond acceptors (Lipinski definition) is 5. The highest BCUT2D eigenvalue weighted by Gasteiger charge is 2.27. The highest BCUT2D eigenvalue weighted by molar-refractivity contribution is 7.89. The van der Waals surface area contributed by atoms with Crippen molar-refractivity contribution in [3.8, 4) is 11.5 Å². The number of fused-ring (bicyclic) bond motifs is 1. The number of carbonyl (C=O) groups is 1. The molecule has 0 unspecified atom stereocenters. The van der Waals surface area contributed by atoms with Crippen molar-refractivity contribution >= 4 is 26.8 Å². The molecule has 1 heterocycles. The van der Waals surface area contributed by atoms with Gasteiger partial charge < -0.3 is 10.1 Å². The Bertz CT molecular complexity index is 1470. The number of sulfonamides is 1. The normalized spacial score (nSPS) is 14.3. The van der Waals surface area contributed by atoms with Gasteiger partial charge >= 0.3 is 0 Å². The van der Waals surface area contributed by atoms with E-state index in [9.17, 15) is 13.2 Å². The average Bonchev–Trinajstić information content (AvgIpc) is 3.73. The van der Waals surface area contributed by atoms with Crippen LogP contribution >= 0.6 is 0 Å². The zero-order chi connectivity index (χ0) is 25.7. The summed E-state index contributed by atoms with van der Waals surface area (Å²) in [4.78, 5) is 17.3. The number of rotatable bonds is 11. The van der Waals surface area contributed by atoms with E-state index in [2.05, 4.69) is 15.0 Å². The van der Waals surface area contributed by atoms with Gasteiger partial charge in [-0.05, 0) is 60.7 Å². The van der Waals surface area contributed by atoms with E-state index in [1.165, 1.54) is 25.0 Å². The molecule has 0 bridgehead atoms. The Morgan fingerprint density at radius 3 is 2.46 bits per heavy atom.